The lowest BCUT2D eigenvalue weighted by atomic mass is 9.44. The molecular formula is C40H71N2O6PS. The molecule has 3 N–H and O–H groups in total. The molecule has 288 valence electrons. The molecule has 12 atom stereocenters. The van der Waals surface area contributed by atoms with Crippen LogP contribution in [-0.2, 0) is 25.9 Å². The zero-order valence-corrected chi connectivity index (χ0v) is 34.0. The van der Waals surface area contributed by atoms with Crippen LogP contribution in [0.4, 0.5) is 4.79 Å². The van der Waals surface area contributed by atoms with Crippen molar-refractivity contribution in [1.29, 1.82) is 0 Å². The molecule has 0 aromatic rings. The third-order valence-corrected chi connectivity index (χ3v) is 15.7. The highest BCUT2D eigenvalue weighted by Crippen LogP contribution is 2.68. The maximum absolute atomic E-state index is 12.8. The van der Waals surface area contributed by atoms with Gasteiger partial charge in [0, 0.05) is 38.6 Å². The summed E-state index contributed by atoms with van der Waals surface area (Å²) in [5, 5.41) is 13.3. The summed E-state index contributed by atoms with van der Waals surface area (Å²) in [6, 6.07) is 0. The molecule has 5 rings (SSSR count). The Balaban J connectivity index is 0.985. The van der Waals surface area contributed by atoms with E-state index in [9.17, 15) is 19.6 Å². The Labute approximate surface area is 309 Å². The van der Waals surface area contributed by atoms with Crippen molar-refractivity contribution in [2.75, 3.05) is 32.9 Å². The van der Waals surface area contributed by atoms with Crippen molar-refractivity contribution in [2.24, 2.45) is 58.2 Å². The molecule has 4 aliphatic carbocycles. The van der Waals surface area contributed by atoms with Gasteiger partial charge in [-0.2, -0.15) is 0 Å². The summed E-state index contributed by atoms with van der Waals surface area (Å²) in [5.74, 6) is 5.64. The molecule has 1 saturated heterocycles. The minimum absolute atomic E-state index is 0.0165. The number of rotatable bonds is 15. The number of alkyl carbamates (subject to hydrolysis) is 1. The van der Waals surface area contributed by atoms with Crippen LogP contribution in [0.25, 0.3) is 0 Å². The summed E-state index contributed by atoms with van der Waals surface area (Å²) in [6.45, 7) is 12.7. The van der Waals surface area contributed by atoms with Crippen LogP contribution in [0.15, 0.2) is 0 Å². The number of amides is 2. The molecule has 50 heavy (non-hydrogen) atoms. The Bertz CT molecular complexity index is 1200. The van der Waals surface area contributed by atoms with E-state index in [1.54, 1.807) is 4.90 Å². The Morgan fingerprint density at radius 2 is 1.68 bits per heavy atom. The molecular weight excluding hydrogens is 667 g/mol. The van der Waals surface area contributed by atoms with Gasteiger partial charge < -0.3 is 29.5 Å². The van der Waals surface area contributed by atoms with E-state index in [2.05, 4.69) is 39.9 Å². The van der Waals surface area contributed by atoms with Crippen LogP contribution in [0.3, 0.4) is 0 Å². The summed E-state index contributed by atoms with van der Waals surface area (Å²) >= 11 is 4.91. The largest absolute Gasteiger partial charge is 0.446 e. The first kappa shape index (κ1) is 40.5. The van der Waals surface area contributed by atoms with Gasteiger partial charge in [0.1, 0.15) is 6.10 Å². The van der Waals surface area contributed by atoms with E-state index in [0.29, 0.717) is 42.8 Å². The van der Waals surface area contributed by atoms with E-state index in [1.807, 2.05) is 0 Å². The van der Waals surface area contributed by atoms with Crippen molar-refractivity contribution < 1.29 is 28.8 Å². The van der Waals surface area contributed by atoms with Gasteiger partial charge in [-0.25, -0.2) is 4.79 Å². The molecule has 8 unspecified atom stereocenters. The van der Waals surface area contributed by atoms with Gasteiger partial charge in [0.25, 0.3) is 0 Å². The number of carbonyl (C=O) groups is 2. The number of fused-ring (bicyclic) bond motifs is 5. The van der Waals surface area contributed by atoms with Crippen LogP contribution in [0.5, 0.6) is 0 Å². The van der Waals surface area contributed by atoms with Crippen molar-refractivity contribution >= 4 is 30.3 Å². The molecule has 5 aliphatic rings. The number of aliphatic hydroxyl groups is 1. The van der Waals surface area contributed by atoms with Crippen molar-refractivity contribution in [3.05, 3.63) is 0 Å². The SMILES string of the molecule is CC(C)CCCC(C)[C@H]1CCC2C3CCC4C[C@@H](OC(=O)NCCCCCC(=O)N5CC(O)C(COP(C)(O)=S)C5)CC[C@]4(C)C3CC[C@@]21C. The smallest absolute Gasteiger partial charge is 0.407 e. The van der Waals surface area contributed by atoms with Crippen LogP contribution >= 0.6 is 6.49 Å². The van der Waals surface area contributed by atoms with Crippen LogP contribution in [-0.4, -0.2) is 72.0 Å². The van der Waals surface area contributed by atoms with E-state index in [4.69, 9.17) is 21.1 Å². The summed E-state index contributed by atoms with van der Waals surface area (Å²) in [4.78, 5) is 36.8. The minimum Gasteiger partial charge on any atom is -0.446 e. The number of nitrogens with one attached hydrogen (secondary N) is 1. The van der Waals surface area contributed by atoms with E-state index in [-0.39, 0.29) is 30.6 Å². The fourth-order valence-electron chi connectivity index (χ4n) is 11.9. The zero-order valence-electron chi connectivity index (χ0n) is 32.2. The predicted octanol–water partition coefficient (Wildman–Crippen LogP) is 8.53. The zero-order chi connectivity index (χ0) is 36.3. The number of likely N-dealkylation sites (tertiary alicyclic amines) is 1. The lowest BCUT2D eigenvalue weighted by molar-refractivity contribution is -0.130. The lowest BCUT2D eigenvalue weighted by Crippen LogP contribution is -2.54. The van der Waals surface area contributed by atoms with E-state index >= 15 is 0 Å². The predicted molar refractivity (Wildman–Crippen MR) is 204 cm³/mol. The van der Waals surface area contributed by atoms with Crippen molar-refractivity contribution in [2.45, 2.75) is 150 Å². The van der Waals surface area contributed by atoms with Gasteiger partial charge in [0.2, 0.25) is 5.91 Å². The Morgan fingerprint density at radius 1 is 0.940 bits per heavy atom. The van der Waals surface area contributed by atoms with Crippen molar-refractivity contribution in [3.63, 3.8) is 0 Å². The number of unbranched alkanes of at least 4 members (excludes halogenated alkanes) is 2. The van der Waals surface area contributed by atoms with Gasteiger partial charge in [0.15, 0.2) is 6.49 Å². The monoisotopic (exact) mass is 738 g/mol. The Hall–Kier alpha value is -0.730. The van der Waals surface area contributed by atoms with Gasteiger partial charge in [-0.1, -0.05) is 60.3 Å². The average molecular weight is 739 g/mol. The van der Waals surface area contributed by atoms with Crippen LogP contribution in [0.1, 0.15) is 137 Å². The Kier molecular flexibility index (Phi) is 13.9. The highest BCUT2D eigenvalue weighted by Gasteiger charge is 2.60. The molecule has 1 aliphatic heterocycles. The number of aliphatic hydroxyl groups excluding tert-OH is 1. The fourth-order valence-corrected chi connectivity index (χ4v) is 12.6. The molecule has 10 heteroatoms. The first-order valence-corrected chi connectivity index (χ1v) is 23.6. The maximum atomic E-state index is 12.8. The minimum atomic E-state index is -2.78. The number of β-amino-alcohol motifs (C(OH)–C–C–N with tert-alkyl or cyclic N) is 1. The van der Waals surface area contributed by atoms with E-state index in [0.717, 1.165) is 67.6 Å². The van der Waals surface area contributed by atoms with Gasteiger partial charge in [-0.05, 0) is 135 Å². The number of nitrogens with zero attached hydrogens (tertiary/aromatic N) is 1. The normalized spacial score (nSPS) is 38.5. The molecule has 4 saturated carbocycles. The second kappa shape index (κ2) is 17.2. The van der Waals surface area contributed by atoms with Gasteiger partial charge in [0.05, 0.1) is 12.7 Å². The van der Waals surface area contributed by atoms with Gasteiger partial charge in [-0.3, -0.25) is 4.79 Å². The third-order valence-electron chi connectivity index (χ3n) is 14.7. The van der Waals surface area contributed by atoms with Gasteiger partial charge in [-0.15, -0.1) is 0 Å². The first-order chi connectivity index (χ1) is 23.6. The molecule has 0 aromatic carbocycles. The molecule has 0 spiro atoms. The fraction of sp³-hybridized carbons (Fsp3) is 0.950. The highest BCUT2D eigenvalue weighted by molar-refractivity contribution is 8.09. The highest BCUT2D eigenvalue weighted by atomic mass is 32.5. The lowest BCUT2D eigenvalue weighted by Gasteiger charge is -2.61. The topological polar surface area (TPSA) is 108 Å². The number of carbonyl (C=O) groups excluding carboxylic acids is 2. The summed E-state index contributed by atoms with van der Waals surface area (Å²) < 4.78 is 11.3. The molecule has 0 radical (unpaired) electrons. The third kappa shape index (κ3) is 9.68. The second-order valence-corrected chi connectivity index (χ2v) is 22.3. The summed E-state index contributed by atoms with van der Waals surface area (Å²) in [5.41, 5.74) is 0.914. The Morgan fingerprint density at radius 3 is 2.42 bits per heavy atom. The second-order valence-electron chi connectivity index (χ2n) is 18.5. The molecule has 0 aromatic heterocycles. The standard InChI is InChI=1S/C40H71N2O6PS/c1-27(2)11-10-12-28(3)33-16-17-34-32-15-14-30-23-31(18-20-39(30,4)35(32)19-21-40(33,34)5)48-38(45)41-22-9-7-8-13-37(44)42-24-29(36(43)25-42)26-47-49(6,46)50/h27-36,43H,7-26H2,1-6H3,(H,41,45)(H,46,50)/t28?,29?,30?,31-,32?,33+,34?,35?,36?,39-,40+,49?/m0/s1. The summed E-state index contributed by atoms with van der Waals surface area (Å²) in [6.07, 6.45) is 17.5. The number of hydrogen-bond acceptors (Lipinski definition) is 6. The molecule has 8 nitrogen and oxygen atoms in total. The van der Waals surface area contributed by atoms with E-state index in [1.165, 1.54) is 70.9 Å². The summed E-state index contributed by atoms with van der Waals surface area (Å²) in [7, 11) is 0. The van der Waals surface area contributed by atoms with Crippen LogP contribution in [0.2, 0.25) is 0 Å². The van der Waals surface area contributed by atoms with Crippen LogP contribution < -0.4 is 5.32 Å². The van der Waals surface area contributed by atoms with Gasteiger partial charge >= 0.3 is 6.09 Å². The number of hydrogen-bond donors (Lipinski definition) is 3. The molecule has 5 fully saturated rings. The maximum Gasteiger partial charge on any atom is 0.407 e. The van der Waals surface area contributed by atoms with Crippen LogP contribution in [0, 0.1) is 58.2 Å². The molecule has 1 heterocycles. The number of ether oxygens (including phenoxy) is 1. The molecule has 0 bridgehead atoms. The quantitative estimate of drug-likeness (QED) is 0.114. The molecule has 2 amide bonds. The van der Waals surface area contributed by atoms with Crippen molar-refractivity contribution in [1.82, 2.24) is 10.2 Å². The van der Waals surface area contributed by atoms with E-state index < -0.39 is 12.6 Å². The average Bonchev–Trinajstić information content (AvgIpc) is 3.60. The van der Waals surface area contributed by atoms with Crippen molar-refractivity contribution in [3.8, 4) is 0 Å². The first-order valence-electron chi connectivity index (χ1n) is 20.5.